The quantitative estimate of drug-likeness (QED) is 0.151. The van der Waals surface area contributed by atoms with Gasteiger partial charge < -0.3 is 40.1 Å². The summed E-state index contributed by atoms with van der Waals surface area (Å²) in [6, 6.07) is 18.0. The minimum atomic E-state index is -0.821. The van der Waals surface area contributed by atoms with Gasteiger partial charge in [-0.05, 0) is 61.4 Å². The fourth-order valence-electron chi connectivity index (χ4n) is 9.33. The Hall–Kier alpha value is -5.87. The predicted molar refractivity (Wildman–Crippen MR) is 225 cm³/mol. The average molecular weight is 832 g/mol. The first kappa shape index (κ1) is 39.6. The summed E-state index contributed by atoms with van der Waals surface area (Å²) in [5.74, 6) is 0.490. The number of hydrogen-bond donors (Lipinski definition) is 4. The molecule has 16 heteroatoms. The van der Waals surface area contributed by atoms with Gasteiger partial charge in [0.1, 0.15) is 17.7 Å². The molecular weight excluding hydrogens is 783 g/mol. The van der Waals surface area contributed by atoms with Crippen molar-refractivity contribution in [3.63, 3.8) is 0 Å². The third-order valence-electron chi connectivity index (χ3n) is 12.6. The number of piperazine rings is 1. The van der Waals surface area contributed by atoms with E-state index in [0.29, 0.717) is 68.4 Å². The van der Waals surface area contributed by atoms with Crippen LogP contribution in [0.2, 0.25) is 0 Å². The summed E-state index contributed by atoms with van der Waals surface area (Å²) >= 11 is 1.59. The minimum Gasteiger partial charge on any atom is -0.507 e. The van der Waals surface area contributed by atoms with Crippen molar-refractivity contribution in [3.8, 4) is 27.4 Å². The van der Waals surface area contributed by atoms with Crippen LogP contribution in [0.3, 0.4) is 0 Å². The molecule has 2 aromatic carbocycles. The maximum Gasteiger partial charge on any atom is 0.243 e. The summed E-state index contributed by atoms with van der Waals surface area (Å²) in [5.41, 5.74) is 6.88. The highest BCUT2D eigenvalue weighted by atomic mass is 32.1. The zero-order valence-corrected chi connectivity index (χ0v) is 34.7. The fraction of sp³-hybridized carbons (Fsp3) is 0.432. The van der Waals surface area contributed by atoms with Crippen LogP contribution in [0.4, 0.5) is 11.6 Å². The summed E-state index contributed by atoms with van der Waals surface area (Å²) in [6.45, 7) is 8.40. The van der Waals surface area contributed by atoms with E-state index in [1.807, 2.05) is 73.6 Å². The number of phenolic OH excluding ortho intramolecular Hbond substituents is 1. The number of rotatable bonds is 10. The Balaban J connectivity index is 0.777. The molecule has 15 nitrogen and oxygen atoms in total. The van der Waals surface area contributed by atoms with Crippen molar-refractivity contribution >= 4 is 40.7 Å². The molecule has 5 aromatic rings. The molecular formula is C44H49N9O6S. The Kier molecular flexibility index (Phi) is 10.5. The third-order valence-corrected chi connectivity index (χ3v) is 13.5. The van der Waals surface area contributed by atoms with Gasteiger partial charge in [0.25, 0.3) is 0 Å². The van der Waals surface area contributed by atoms with Crippen LogP contribution in [0, 0.1) is 18.8 Å². The predicted octanol–water partition coefficient (Wildman–Crippen LogP) is 4.75. The van der Waals surface area contributed by atoms with Gasteiger partial charge in [-0.2, -0.15) is 0 Å². The van der Waals surface area contributed by atoms with E-state index in [4.69, 9.17) is 4.52 Å². The van der Waals surface area contributed by atoms with Gasteiger partial charge >= 0.3 is 0 Å². The van der Waals surface area contributed by atoms with Crippen LogP contribution in [0.1, 0.15) is 61.6 Å². The molecule has 1 unspecified atom stereocenters. The van der Waals surface area contributed by atoms with Crippen molar-refractivity contribution in [1.29, 1.82) is 0 Å². The molecule has 3 atom stereocenters. The van der Waals surface area contributed by atoms with Crippen LogP contribution in [0.5, 0.6) is 5.75 Å². The molecule has 60 heavy (non-hydrogen) atoms. The first-order valence-corrected chi connectivity index (χ1v) is 21.5. The van der Waals surface area contributed by atoms with Crippen LogP contribution < -0.4 is 15.5 Å². The number of aryl methyl sites for hydroxylation is 1. The Labute approximate surface area is 351 Å². The highest BCUT2D eigenvalue weighted by molar-refractivity contribution is 7.13. The van der Waals surface area contributed by atoms with Gasteiger partial charge in [-0.3, -0.25) is 14.4 Å². The number of fused-ring (bicyclic) bond motifs is 1. The molecule has 3 amide bonds. The summed E-state index contributed by atoms with van der Waals surface area (Å²) in [4.78, 5) is 52.3. The number of aliphatic hydroxyl groups excluding tert-OH is 1. The number of aromatic nitrogens is 4. The second kappa shape index (κ2) is 16.0. The second-order valence-corrected chi connectivity index (χ2v) is 17.9. The number of phenols is 1. The number of anilines is 2. The maximum absolute atomic E-state index is 14.2. The number of thiazole rings is 1. The van der Waals surface area contributed by atoms with Crippen LogP contribution in [-0.4, -0.2) is 108 Å². The van der Waals surface area contributed by atoms with Crippen molar-refractivity contribution in [2.75, 3.05) is 42.9 Å². The van der Waals surface area contributed by atoms with Gasteiger partial charge in [-0.25, -0.2) is 4.98 Å². The average Bonchev–Trinajstić information content (AvgIpc) is 4.05. The second-order valence-electron chi connectivity index (χ2n) is 17.0. The number of para-hydroxylation sites is 1. The van der Waals surface area contributed by atoms with Gasteiger partial charge in [0, 0.05) is 74.3 Å². The first-order valence-electron chi connectivity index (χ1n) is 20.6. The molecule has 1 aliphatic carbocycles. The molecule has 0 radical (unpaired) electrons. The zero-order chi connectivity index (χ0) is 41.7. The standard InChI is InChI=1S/C44H49N9O6S/c1-25(2)38(43(58)53-23-31(54)17-34(53)41(56)45-22-27-8-10-28(11-9-27)39-26(3)46-24-60-39)36-18-37(50-59-36)51-12-14-52(15-13-51)42(57)30-20-44(21-30)19-29-16-33(48-49-40(29)47-44)32-6-4-5-7-35(32)55/h4-11,16,18,24-25,30-31,34,38,54-55H,12-15,17,19-23H2,1-3H3,(H,45,56)(H,47,49)/t30-,31-,34+,38?,44+/m1/s1. The monoisotopic (exact) mass is 831 g/mol. The molecule has 9 rings (SSSR count). The molecule has 6 heterocycles. The lowest BCUT2D eigenvalue weighted by Gasteiger charge is -2.47. The van der Waals surface area contributed by atoms with E-state index in [2.05, 4.69) is 35.9 Å². The Bertz CT molecular complexity index is 2400. The summed E-state index contributed by atoms with van der Waals surface area (Å²) in [6.07, 6.45) is 1.51. The molecule has 1 saturated carbocycles. The maximum atomic E-state index is 14.2. The lowest BCUT2D eigenvalue weighted by Crippen LogP contribution is -2.57. The molecule has 0 bridgehead atoms. The van der Waals surface area contributed by atoms with Crippen molar-refractivity contribution in [2.24, 2.45) is 11.8 Å². The molecule has 3 aromatic heterocycles. The van der Waals surface area contributed by atoms with Crippen molar-refractivity contribution in [2.45, 2.75) is 76.6 Å². The number of nitrogens with one attached hydrogen (secondary N) is 2. The van der Waals surface area contributed by atoms with E-state index < -0.39 is 18.1 Å². The number of aliphatic hydroxyl groups is 1. The number of benzene rings is 2. The zero-order valence-electron chi connectivity index (χ0n) is 33.9. The normalized spacial score (nSPS) is 22.8. The van der Waals surface area contributed by atoms with Crippen molar-refractivity contribution < 1.29 is 29.1 Å². The Morgan fingerprint density at radius 3 is 2.52 bits per heavy atom. The summed E-state index contributed by atoms with van der Waals surface area (Å²) in [5, 5.41) is 40.6. The van der Waals surface area contributed by atoms with E-state index in [1.165, 1.54) is 4.90 Å². The van der Waals surface area contributed by atoms with E-state index in [0.717, 1.165) is 39.5 Å². The number of amides is 3. The van der Waals surface area contributed by atoms with Gasteiger partial charge in [0.2, 0.25) is 17.7 Å². The molecule has 4 aliphatic rings. The number of likely N-dealkylation sites (tertiary alicyclic amines) is 1. The molecule has 1 spiro atoms. The molecule has 2 saturated heterocycles. The van der Waals surface area contributed by atoms with Gasteiger partial charge in [0.05, 0.1) is 27.9 Å². The van der Waals surface area contributed by atoms with Crippen LogP contribution in [0.25, 0.3) is 21.7 Å². The van der Waals surface area contributed by atoms with Crippen LogP contribution >= 0.6 is 11.3 Å². The number of carbonyl (C=O) groups is 3. The Morgan fingerprint density at radius 1 is 1.03 bits per heavy atom. The Morgan fingerprint density at radius 2 is 1.80 bits per heavy atom. The highest BCUT2D eigenvalue weighted by Crippen LogP contribution is 2.48. The highest BCUT2D eigenvalue weighted by Gasteiger charge is 2.52. The largest absolute Gasteiger partial charge is 0.507 e. The number of carbonyl (C=O) groups excluding carboxylic acids is 3. The topological polar surface area (TPSA) is 190 Å². The first-order chi connectivity index (χ1) is 28.9. The van der Waals surface area contributed by atoms with Gasteiger partial charge in [-0.15, -0.1) is 21.5 Å². The number of hydrogen-bond acceptors (Lipinski definition) is 13. The van der Waals surface area contributed by atoms with Crippen molar-refractivity contribution in [1.82, 2.24) is 35.5 Å². The van der Waals surface area contributed by atoms with Crippen LogP contribution in [-0.2, 0) is 27.3 Å². The van der Waals surface area contributed by atoms with E-state index in [9.17, 15) is 24.6 Å². The number of nitrogens with zero attached hydrogens (tertiary/aromatic N) is 7. The van der Waals surface area contributed by atoms with Gasteiger partial charge in [0.15, 0.2) is 17.4 Å². The lowest BCUT2D eigenvalue weighted by atomic mass is 9.66. The SMILES string of the molecule is Cc1ncsc1-c1ccc(CNC(=O)[C@@H]2C[C@@H](O)CN2C(=O)C(c2cc(N3CCN(C(=O)[C@H]4C[C@]5(Cc6cc(-c7ccccc7O)nnc6N5)C4)CC3)no2)C(C)C)cc1. The molecule has 3 fully saturated rings. The van der Waals surface area contributed by atoms with E-state index >= 15 is 0 Å². The summed E-state index contributed by atoms with van der Waals surface area (Å²) in [7, 11) is 0. The van der Waals surface area contributed by atoms with Crippen molar-refractivity contribution in [3.05, 3.63) is 88.8 Å². The van der Waals surface area contributed by atoms with Crippen LogP contribution in [0.15, 0.2) is 70.7 Å². The number of aromatic hydroxyl groups is 1. The van der Waals surface area contributed by atoms with Gasteiger partial charge in [-0.1, -0.05) is 55.4 Å². The minimum absolute atomic E-state index is 0.0554. The fourth-order valence-corrected chi connectivity index (χ4v) is 10.1. The van der Waals surface area contributed by atoms with E-state index in [-0.39, 0.29) is 53.8 Å². The molecule has 312 valence electrons. The number of β-amino-alcohol motifs (C(OH)–C–C–N with tert-alkyl or cyclic N) is 1. The molecule has 4 N–H and O–H groups in total. The van der Waals surface area contributed by atoms with E-state index in [1.54, 1.807) is 29.5 Å². The summed E-state index contributed by atoms with van der Waals surface area (Å²) < 4.78 is 5.84. The third kappa shape index (κ3) is 7.58. The molecule has 3 aliphatic heterocycles. The lowest BCUT2D eigenvalue weighted by molar-refractivity contribution is -0.141. The smallest absolute Gasteiger partial charge is 0.243 e.